The number of hydrogen-bond donors (Lipinski definition) is 1. The minimum Gasteiger partial charge on any atom is -0.481 e. The third kappa shape index (κ3) is 3.06. The summed E-state index contributed by atoms with van der Waals surface area (Å²) in [6.45, 7) is 4.22. The molecule has 0 saturated carbocycles. The lowest BCUT2D eigenvalue weighted by atomic mass is 9.82. The summed E-state index contributed by atoms with van der Waals surface area (Å²) < 4.78 is 13.3. The van der Waals surface area contributed by atoms with Crippen LogP contribution in [0.5, 0.6) is 0 Å². The van der Waals surface area contributed by atoms with Crippen LogP contribution in [0.4, 0.5) is 4.39 Å². The molecule has 0 radical (unpaired) electrons. The topological polar surface area (TPSA) is 57.6 Å². The standard InChI is InChI=1S/C16H20FNO3/c1-3-8-18-14(19)7-6-13(16(20)21)15(18)12-5-4-11(17)9-10(12)2/h4-5,9,13,15H,3,6-8H2,1-2H3,(H,20,21). The van der Waals surface area contributed by atoms with Gasteiger partial charge in [0.05, 0.1) is 12.0 Å². The number of carbonyl (C=O) groups excluding carboxylic acids is 1. The number of rotatable bonds is 4. The summed E-state index contributed by atoms with van der Waals surface area (Å²) >= 11 is 0. The van der Waals surface area contributed by atoms with Crippen molar-refractivity contribution in [2.24, 2.45) is 5.92 Å². The number of aryl methyl sites for hydroxylation is 1. The van der Waals surface area contributed by atoms with Gasteiger partial charge in [0.15, 0.2) is 0 Å². The summed E-state index contributed by atoms with van der Waals surface area (Å²) in [6, 6.07) is 3.80. The molecule has 1 aromatic rings. The molecule has 1 aliphatic heterocycles. The molecule has 1 heterocycles. The first-order chi connectivity index (χ1) is 9.95. The summed E-state index contributed by atoms with van der Waals surface area (Å²) in [7, 11) is 0. The molecule has 1 saturated heterocycles. The molecular formula is C16H20FNO3. The average molecular weight is 293 g/mol. The van der Waals surface area contributed by atoms with Gasteiger partial charge in [-0.15, -0.1) is 0 Å². The van der Waals surface area contributed by atoms with Crippen molar-refractivity contribution in [3.8, 4) is 0 Å². The summed E-state index contributed by atoms with van der Waals surface area (Å²) in [5.41, 5.74) is 1.41. The largest absolute Gasteiger partial charge is 0.481 e. The molecule has 114 valence electrons. The van der Waals surface area contributed by atoms with Crippen molar-refractivity contribution in [3.63, 3.8) is 0 Å². The number of halogens is 1. The molecule has 0 bridgehead atoms. The van der Waals surface area contributed by atoms with Crippen molar-refractivity contribution in [2.45, 2.75) is 39.2 Å². The summed E-state index contributed by atoms with van der Waals surface area (Å²) in [6.07, 6.45) is 1.35. The van der Waals surface area contributed by atoms with E-state index in [0.29, 0.717) is 18.5 Å². The van der Waals surface area contributed by atoms with Gasteiger partial charge in [-0.2, -0.15) is 0 Å². The zero-order valence-electron chi connectivity index (χ0n) is 12.3. The van der Waals surface area contributed by atoms with Crippen LogP contribution in [-0.4, -0.2) is 28.4 Å². The Morgan fingerprint density at radius 1 is 1.48 bits per heavy atom. The number of nitrogens with zero attached hydrogens (tertiary/aromatic N) is 1. The Kier molecular flexibility index (Phi) is 4.60. The van der Waals surface area contributed by atoms with Gasteiger partial charge in [0.2, 0.25) is 5.91 Å². The number of carboxylic acid groups (broad SMARTS) is 1. The number of hydrogen-bond acceptors (Lipinski definition) is 2. The van der Waals surface area contributed by atoms with Crippen molar-refractivity contribution in [1.29, 1.82) is 0 Å². The summed E-state index contributed by atoms with van der Waals surface area (Å²) in [5, 5.41) is 9.48. The minimum atomic E-state index is -0.905. The molecule has 2 atom stereocenters. The molecule has 1 N–H and O–H groups in total. The van der Waals surface area contributed by atoms with E-state index >= 15 is 0 Å². The molecule has 5 heteroatoms. The second-order valence-electron chi connectivity index (χ2n) is 5.52. The van der Waals surface area contributed by atoms with Crippen LogP contribution in [0.3, 0.4) is 0 Å². The predicted molar refractivity (Wildman–Crippen MR) is 76.2 cm³/mol. The fourth-order valence-corrected chi connectivity index (χ4v) is 3.07. The fraction of sp³-hybridized carbons (Fsp3) is 0.500. The lowest BCUT2D eigenvalue weighted by Crippen LogP contribution is -2.45. The van der Waals surface area contributed by atoms with Crippen molar-refractivity contribution in [1.82, 2.24) is 4.90 Å². The second kappa shape index (κ2) is 6.24. The van der Waals surface area contributed by atoms with Crippen molar-refractivity contribution < 1.29 is 19.1 Å². The van der Waals surface area contributed by atoms with E-state index < -0.39 is 17.9 Å². The van der Waals surface area contributed by atoms with E-state index in [1.54, 1.807) is 17.9 Å². The molecule has 21 heavy (non-hydrogen) atoms. The molecule has 0 aromatic heterocycles. The van der Waals surface area contributed by atoms with Crippen molar-refractivity contribution in [3.05, 3.63) is 35.1 Å². The third-order valence-corrected chi connectivity index (χ3v) is 4.04. The first-order valence-electron chi connectivity index (χ1n) is 7.24. The number of benzene rings is 1. The lowest BCUT2D eigenvalue weighted by Gasteiger charge is -2.40. The van der Waals surface area contributed by atoms with Gasteiger partial charge in [-0.05, 0) is 43.0 Å². The van der Waals surface area contributed by atoms with Crippen LogP contribution in [-0.2, 0) is 9.59 Å². The number of piperidine rings is 1. The Morgan fingerprint density at radius 3 is 2.76 bits per heavy atom. The third-order valence-electron chi connectivity index (χ3n) is 4.04. The summed E-state index contributed by atoms with van der Waals surface area (Å²) in [4.78, 5) is 25.4. The van der Waals surface area contributed by atoms with Crippen LogP contribution in [0.2, 0.25) is 0 Å². The Labute approximate surface area is 123 Å². The Hall–Kier alpha value is -1.91. The lowest BCUT2D eigenvalue weighted by molar-refractivity contribution is -0.152. The van der Waals surface area contributed by atoms with Crippen molar-refractivity contribution >= 4 is 11.9 Å². The first kappa shape index (κ1) is 15.5. The molecule has 1 aliphatic rings. The molecule has 2 rings (SSSR count). The molecule has 0 spiro atoms. The number of carbonyl (C=O) groups is 2. The van der Waals surface area contributed by atoms with Gasteiger partial charge in [-0.25, -0.2) is 4.39 Å². The van der Waals surface area contributed by atoms with E-state index in [4.69, 9.17) is 0 Å². The SMILES string of the molecule is CCCN1C(=O)CCC(C(=O)O)C1c1ccc(F)cc1C. The number of carboxylic acids is 1. The Bertz CT molecular complexity index is 558. The maximum Gasteiger partial charge on any atom is 0.308 e. The highest BCUT2D eigenvalue weighted by atomic mass is 19.1. The first-order valence-corrected chi connectivity index (χ1v) is 7.24. The van der Waals surface area contributed by atoms with Gasteiger partial charge >= 0.3 is 5.97 Å². The van der Waals surface area contributed by atoms with Crippen molar-refractivity contribution in [2.75, 3.05) is 6.54 Å². The second-order valence-corrected chi connectivity index (χ2v) is 5.52. The van der Waals surface area contributed by atoms with Gasteiger partial charge < -0.3 is 10.0 Å². The van der Waals surface area contributed by atoms with Gasteiger partial charge in [-0.1, -0.05) is 13.0 Å². The van der Waals surface area contributed by atoms with E-state index in [0.717, 1.165) is 12.0 Å². The quantitative estimate of drug-likeness (QED) is 0.928. The van der Waals surface area contributed by atoms with Crippen LogP contribution in [0.25, 0.3) is 0 Å². The Morgan fingerprint density at radius 2 is 2.19 bits per heavy atom. The number of amides is 1. The molecule has 2 unspecified atom stereocenters. The van der Waals surface area contributed by atoms with Crippen LogP contribution in [0.15, 0.2) is 18.2 Å². The molecule has 4 nitrogen and oxygen atoms in total. The smallest absolute Gasteiger partial charge is 0.308 e. The molecule has 1 amide bonds. The van der Waals surface area contributed by atoms with Gasteiger partial charge in [0.25, 0.3) is 0 Å². The molecule has 1 fully saturated rings. The van der Waals surface area contributed by atoms with E-state index in [2.05, 4.69) is 0 Å². The van der Waals surface area contributed by atoms with Gasteiger partial charge in [0, 0.05) is 13.0 Å². The molecule has 0 aliphatic carbocycles. The molecule has 1 aromatic carbocycles. The van der Waals surface area contributed by atoms with Crippen LogP contribution in [0, 0.1) is 18.7 Å². The molecular weight excluding hydrogens is 273 g/mol. The van der Waals surface area contributed by atoms with Crippen LogP contribution < -0.4 is 0 Å². The van der Waals surface area contributed by atoms with E-state index in [1.807, 2.05) is 6.92 Å². The van der Waals surface area contributed by atoms with Gasteiger partial charge in [0.1, 0.15) is 5.82 Å². The Balaban J connectivity index is 2.48. The highest BCUT2D eigenvalue weighted by Crippen LogP contribution is 2.38. The highest BCUT2D eigenvalue weighted by Gasteiger charge is 2.40. The van der Waals surface area contributed by atoms with Crippen LogP contribution >= 0.6 is 0 Å². The fourth-order valence-electron chi connectivity index (χ4n) is 3.07. The number of aliphatic carboxylic acids is 1. The zero-order valence-corrected chi connectivity index (χ0v) is 12.3. The zero-order chi connectivity index (χ0) is 15.6. The van der Waals surface area contributed by atoms with E-state index in [-0.39, 0.29) is 18.1 Å². The van der Waals surface area contributed by atoms with E-state index in [1.165, 1.54) is 12.1 Å². The van der Waals surface area contributed by atoms with Gasteiger partial charge in [-0.3, -0.25) is 9.59 Å². The minimum absolute atomic E-state index is 0.0249. The van der Waals surface area contributed by atoms with E-state index in [9.17, 15) is 19.1 Å². The normalized spacial score (nSPS) is 22.4. The summed E-state index contributed by atoms with van der Waals surface area (Å²) in [5.74, 6) is -1.92. The number of likely N-dealkylation sites (tertiary alicyclic amines) is 1. The monoisotopic (exact) mass is 293 g/mol. The maximum atomic E-state index is 13.3. The average Bonchev–Trinajstić information content (AvgIpc) is 2.41. The maximum absolute atomic E-state index is 13.3. The predicted octanol–water partition coefficient (Wildman–Crippen LogP) is 2.91. The highest BCUT2D eigenvalue weighted by molar-refractivity contribution is 5.82. The van der Waals surface area contributed by atoms with Crippen LogP contribution in [0.1, 0.15) is 43.4 Å².